The summed E-state index contributed by atoms with van der Waals surface area (Å²) in [5.41, 5.74) is 3.02. The summed E-state index contributed by atoms with van der Waals surface area (Å²) in [6.07, 6.45) is 1.56. The van der Waals surface area contributed by atoms with Crippen LogP contribution in [-0.4, -0.2) is 34.1 Å². The molecule has 2 N–H and O–H groups in total. The van der Waals surface area contributed by atoms with Gasteiger partial charge in [-0.2, -0.15) is 0 Å². The van der Waals surface area contributed by atoms with E-state index >= 15 is 0 Å². The highest BCUT2D eigenvalue weighted by molar-refractivity contribution is 7.99. The second kappa shape index (κ2) is 9.54. The molecule has 8 heteroatoms. The van der Waals surface area contributed by atoms with Gasteiger partial charge in [-0.15, -0.1) is 0 Å². The van der Waals surface area contributed by atoms with E-state index in [2.05, 4.69) is 20.6 Å². The second-order valence-corrected chi connectivity index (χ2v) is 7.29. The standard InChI is InChI=1S/C18H21ClN4O2S/c1-4-26-18-21-10-13(19)16(23-18)17(25)20-8-7-15(24)22-14-6-5-11(2)9-12(14)3/h5-6,9-10H,4,7-8H2,1-3H3,(H,20,25)(H,22,24). The number of hydrogen-bond acceptors (Lipinski definition) is 5. The van der Waals surface area contributed by atoms with Crippen molar-refractivity contribution in [1.82, 2.24) is 15.3 Å². The summed E-state index contributed by atoms with van der Waals surface area (Å²) in [5, 5.41) is 6.19. The Morgan fingerprint density at radius 3 is 2.73 bits per heavy atom. The van der Waals surface area contributed by atoms with Crippen molar-refractivity contribution in [3.05, 3.63) is 46.2 Å². The number of amides is 2. The van der Waals surface area contributed by atoms with E-state index in [4.69, 9.17) is 11.6 Å². The van der Waals surface area contributed by atoms with Gasteiger partial charge in [-0.3, -0.25) is 9.59 Å². The topological polar surface area (TPSA) is 84.0 Å². The fourth-order valence-corrected chi connectivity index (χ4v) is 2.97. The highest BCUT2D eigenvalue weighted by Gasteiger charge is 2.14. The van der Waals surface area contributed by atoms with Crippen LogP contribution in [0.3, 0.4) is 0 Å². The quantitative estimate of drug-likeness (QED) is 0.555. The molecule has 6 nitrogen and oxygen atoms in total. The molecule has 0 aliphatic rings. The van der Waals surface area contributed by atoms with Crippen LogP contribution in [0.4, 0.5) is 5.69 Å². The lowest BCUT2D eigenvalue weighted by Gasteiger charge is -2.10. The summed E-state index contributed by atoms with van der Waals surface area (Å²) in [4.78, 5) is 32.5. The van der Waals surface area contributed by atoms with Gasteiger partial charge >= 0.3 is 0 Å². The molecule has 0 saturated carbocycles. The Morgan fingerprint density at radius 2 is 2.04 bits per heavy atom. The van der Waals surface area contributed by atoms with Crippen LogP contribution < -0.4 is 10.6 Å². The maximum atomic E-state index is 12.2. The van der Waals surface area contributed by atoms with Gasteiger partial charge in [-0.1, -0.05) is 48.0 Å². The minimum Gasteiger partial charge on any atom is -0.350 e. The van der Waals surface area contributed by atoms with Crippen LogP contribution in [0.1, 0.15) is 35.0 Å². The Kier molecular flexibility index (Phi) is 7.41. The number of aryl methyl sites for hydroxylation is 2. The Labute approximate surface area is 162 Å². The maximum Gasteiger partial charge on any atom is 0.271 e. The summed E-state index contributed by atoms with van der Waals surface area (Å²) in [6.45, 7) is 6.09. The van der Waals surface area contributed by atoms with Gasteiger partial charge in [0.15, 0.2) is 10.9 Å². The predicted octanol–water partition coefficient (Wildman–Crippen LogP) is 3.62. The first kappa shape index (κ1) is 20.2. The highest BCUT2D eigenvalue weighted by Crippen LogP contribution is 2.18. The number of carbonyl (C=O) groups is 2. The zero-order valence-corrected chi connectivity index (χ0v) is 16.5. The highest BCUT2D eigenvalue weighted by atomic mass is 35.5. The fourth-order valence-electron chi connectivity index (χ4n) is 2.25. The van der Waals surface area contributed by atoms with E-state index in [0.29, 0.717) is 5.16 Å². The van der Waals surface area contributed by atoms with Gasteiger partial charge in [0, 0.05) is 18.7 Å². The summed E-state index contributed by atoms with van der Waals surface area (Å²) in [7, 11) is 0. The normalized spacial score (nSPS) is 10.5. The lowest BCUT2D eigenvalue weighted by atomic mass is 10.1. The molecular formula is C18H21ClN4O2S. The number of benzene rings is 1. The van der Waals surface area contributed by atoms with E-state index in [-0.39, 0.29) is 29.6 Å². The van der Waals surface area contributed by atoms with Crippen LogP contribution in [0.15, 0.2) is 29.6 Å². The summed E-state index contributed by atoms with van der Waals surface area (Å²) in [5.74, 6) is 0.198. The van der Waals surface area contributed by atoms with Crippen molar-refractivity contribution in [1.29, 1.82) is 0 Å². The van der Waals surface area contributed by atoms with Crippen molar-refractivity contribution in [3.8, 4) is 0 Å². The number of nitrogens with zero attached hydrogens (tertiary/aromatic N) is 2. The molecule has 26 heavy (non-hydrogen) atoms. The molecule has 0 bridgehead atoms. The number of rotatable bonds is 7. The largest absolute Gasteiger partial charge is 0.350 e. The van der Waals surface area contributed by atoms with Gasteiger partial charge < -0.3 is 10.6 Å². The number of anilines is 1. The van der Waals surface area contributed by atoms with Gasteiger partial charge in [0.05, 0.1) is 11.2 Å². The smallest absolute Gasteiger partial charge is 0.271 e. The molecule has 1 aromatic carbocycles. The van der Waals surface area contributed by atoms with Crippen LogP contribution in [0.5, 0.6) is 0 Å². The average Bonchev–Trinajstić information content (AvgIpc) is 2.59. The Balaban J connectivity index is 1.88. The van der Waals surface area contributed by atoms with Crippen LogP contribution >= 0.6 is 23.4 Å². The number of carbonyl (C=O) groups excluding carboxylic acids is 2. The molecule has 1 aromatic heterocycles. The molecule has 1 heterocycles. The molecule has 2 amide bonds. The number of aromatic nitrogens is 2. The Morgan fingerprint density at radius 1 is 1.27 bits per heavy atom. The zero-order valence-electron chi connectivity index (χ0n) is 14.9. The number of halogens is 1. The van der Waals surface area contributed by atoms with Crippen LogP contribution in [-0.2, 0) is 4.79 Å². The van der Waals surface area contributed by atoms with Crippen molar-refractivity contribution in [2.75, 3.05) is 17.6 Å². The SMILES string of the molecule is CCSc1ncc(Cl)c(C(=O)NCCC(=O)Nc2ccc(C)cc2C)n1. The molecule has 0 fully saturated rings. The summed E-state index contributed by atoms with van der Waals surface area (Å²) < 4.78 is 0. The molecule has 0 spiro atoms. The van der Waals surface area contributed by atoms with Crippen molar-refractivity contribution in [2.24, 2.45) is 0 Å². The molecular weight excluding hydrogens is 372 g/mol. The molecule has 138 valence electrons. The lowest BCUT2D eigenvalue weighted by Crippen LogP contribution is -2.28. The maximum absolute atomic E-state index is 12.2. The molecule has 2 aromatic rings. The summed E-state index contributed by atoms with van der Waals surface area (Å²) >= 11 is 7.42. The first-order valence-corrected chi connectivity index (χ1v) is 9.57. The molecule has 0 unspecified atom stereocenters. The van der Waals surface area contributed by atoms with Crippen LogP contribution in [0.2, 0.25) is 5.02 Å². The third-order valence-corrected chi connectivity index (χ3v) is 4.52. The van der Waals surface area contributed by atoms with E-state index in [0.717, 1.165) is 22.6 Å². The number of nitrogens with one attached hydrogen (secondary N) is 2. The van der Waals surface area contributed by atoms with Gasteiger partial charge in [-0.05, 0) is 31.2 Å². The molecule has 0 atom stereocenters. The van der Waals surface area contributed by atoms with Gasteiger partial charge in [0.25, 0.3) is 5.91 Å². The van der Waals surface area contributed by atoms with Crippen LogP contribution in [0, 0.1) is 13.8 Å². The molecule has 0 saturated heterocycles. The first-order chi connectivity index (χ1) is 12.4. The van der Waals surface area contributed by atoms with Crippen molar-refractivity contribution >= 4 is 40.9 Å². The zero-order chi connectivity index (χ0) is 19.1. The van der Waals surface area contributed by atoms with Gasteiger partial charge in [-0.25, -0.2) is 9.97 Å². The lowest BCUT2D eigenvalue weighted by molar-refractivity contribution is -0.116. The van der Waals surface area contributed by atoms with Crippen molar-refractivity contribution in [3.63, 3.8) is 0 Å². The Hall–Kier alpha value is -2.12. The molecule has 0 aliphatic carbocycles. The summed E-state index contributed by atoms with van der Waals surface area (Å²) in [6, 6.07) is 5.81. The van der Waals surface area contributed by atoms with E-state index in [1.165, 1.54) is 18.0 Å². The third kappa shape index (κ3) is 5.71. The minimum atomic E-state index is -0.422. The number of hydrogen-bond donors (Lipinski definition) is 2. The van der Waals surface area contributed by atoms with Crippen molar-refractivity contribution in [2.45, 2.75) is 32.3 Å². The predicted molar refractivity (Wildman–Crippen MR) is 105 cm³/mol. The monoisotopic (exact) mass is 392 g/mol. The Bertz CT molecular complexity index is 814. The third-order valence-electron chi connectivity index (χ3n) is 3.50. The van der Waals surface area contributed by atoms with E-state index in [1.807, 2.05) is 39.0 Å². The van der Waals surface area contributed by atoms with E-state index in [9.17, 15) is 9.59 Å². The number of thioether (sulfide) groups is 1. The van der Waals surface area contributed by atoms with E-state index < -0.39 is 5.91 Å². The minimum absolute atomic E-state index is 0.118. The molecule has 0 radical (unpaired) electrons. The second-order valence-electron chi connectivity index (χ2n) is 5.65. The first-order valence-electron chi connectivity index (χ1n) is 8.21. The van der Waals surface area contributed by atoms with Crippen molar-refractivity contribution < 1.29 is 9.59 Å². The fraction of sp³-hybridized carbons (Fsp3) is 0.333. The average molecular weight is 393 g/mol. The molecule has 0 aliphatic heterocycles. The molecule has 2 rings (SSSR count). The van der Waals surface area contributed by atoms with Crippen LogP contribution in [0.25, 0.3) is 0 Å². The van der Waals surface area contributed by atoms with Gasteiger partial charge in [0.1, 0.15) is 0 Å². The van der Waals surface area contributed by atoms with E-state index in [1.54, 1.807) is 0 Å². The van der Waals surface area contributed by atoms with Gasteiger partial charge in [0.2, 0.25) is 5.91 Å².